The van der Waals surface area contributed by atoms with Gasteiger partial charge in [-0.2, -0.15) is 10.2 Å². The van der Waals surface area contributed by atoms with Gasteiger partial charge >= 0.3 is 6.01 Å². The van der Waals surface area contributed by atoms with Crippen LogP contribution in [-0.4, -0.2) is 38.6 Å². The van der Waals surface area contributed by atoms with Gasteiger partial charge in [-0.05, 0) is 54.9 Å². The number of aliphatic hydroxyl groups excluding tert-OH is 1. The van der Waals surface area contributed by atoms with Crippen molar-refractivity contribution in [3.05, 3.63) is 53.0 Å². The molecule has 1 aromatic carbocycles. The Balaban J connectivity index is 1.58. The quantitative estimate of drug-likeness (QED) is 0.619. The van der Waals surface area contributed by atoms with Gasteiger partial charge in [0.25, 0.3) is 0 Å². The zero-order valence-corrected chi connectivity index (χ0v) is 18.3. The molecule has 1 unspecified atom stereocenters. The first kappa shape index (κ1) is 20.9. The Bertz CT molecular complexity index is 1160. The molecule has 0 amide bonds. The normalized spacial score (nSPS) is 22.9. The van der Waals surface area contributed by atoms with Crippen LogP contribution >= 0.6 is 0 Å². The van der Waals surface area contributed by atoms with Gasteiger partial charge in [0.05, 0.1) is 17.0 Å². The molecule has 2 aliphatic rings. The molecule has 0 aliphatic heterocycles. The number of fused-ring (bicyclic) bond motifs is 5. The number of nitrogens with zero attached hydrogens (tertiary/aromatic N) is 5. The highest BCUT2D eigenvalue weighted by molar-refractivity contribution is 5.63. The molecule has 2 aromatic heterocycles. The zero-order chi connectivity index (χ0) is 22.7. The zero-order valence-electron chi connectivity index (χ0n) is 18.3. The van der Waals surface area contributed by atoms with Gasteiger partial charge in [-0.1, -0.05) is 25.0 Å². The van der Waals surface area contributed by atoms with Crippen molar-refractivity contribution in [1.82, 2.24) is 20.4 Å². The molecule has 32 heavy (non-hydrogen) atoms. The van der Waals surface area contributed by atoms with E-state index in [1.807, 2.05) is 17.9 Å². The molecule has 7 nitrogen and oxygen atoms in total. The maximum absolute atomic E-state index is 14.4. The number of aromatic nitrogens is 4. The Hall–Kier alpha value is -2.94. The predicted octanol–water partition coefficient (Wildman–Crippen LogP) is 3.98. The van der Waals surface area contributed by atoms with E-state index in [2.05, 4.69) is 34.2 Å². The number of benzene rings is 1. The number of rotatable bonds is 6. The summed E-state index contributed by atoms with van der Waals surface area (Å²) in [6.07, 6.45) is 1.87. The third kappa shape index (κ3) is 2.80. The Morgan fingerprint density at radius 3 is 2.56 bits per heavy atom. The van der Waals surface area contributed by atoms with Crippen molar-refractivity contribution in [3.8, 4) is 11.3 Å². The minimum atomic E-state index is -0.649. The fraction of sp³-hybridized carbons (Fsp3) is 0.478. The molecule has 0 saturated heterocycles. The summed E-state index contributed by atoms with van der Waals surface area (Å²) in [5, 5.41) is 26.1. The van der Waals surface area contributed by atoms with Gasteiger partial charge in [0, 0.05) is 18.5 Å². The van der Waals surface area contributed by atoms with Crippen molar-refractivity contribution in [3.63, 3.8) is 0 Å². The van der Waals surface area contributed by atoms with Crippen LogP contribution in [-0.2, 0) is 12.0 Å². The monoisotopic (exact) mass is 441 g/mol. The van der Waals surface area contributed by atoms with Gasteiger partial charge in [-0.25, -0.2) is 8.78 Å². The van der Waals surface area contributed by atoms with Crippen molar-refractivity contribution in [2.45, 2.75) is 51.6 Å². The largest absolute Gasteiger partial charge is 0.405 e. The lowest BCUT2D eigenvalue weighted by molar-refractivity contribution is 0.205. The number of likely N-dealkylation sites (N-methyl/N-ethyl adjacent to an activating group) is 1. The fourth-order valence-electron chi connectivity index (χ4n) is 5.72. The standard InChI is InChI=1S/C23H25F2N5O2/c1-4-30(21-29-27-18(11-31)32-21)12-23-9-8-14(22(23,2)3)13-10-17(26-28-20(13)23)19-15(24)6-5-7-16(19)25/h5-7,10,14,31H,4,8-9,11-12H2,1-3H3/t14-,23?/m0/s1. The number of halogens is 2. The van der Waals surface area contributed by atoms with Gasteiger partial charge in [0.1, 0.15) is 18.2 Å². The molecule has 0 spiro atoms. The lowest BCUT2D eigenvalue weighted by Crippen LogP contribution is -2.46. The Morgan fingerprint density at radius 2 is 1.91 bits per heavy atom. The van der Waals surface area contributed by atoms with Crippen LogP contribution in [0.5, 0.6) is 0 Å². The first-order chi connectivity index (χ1) is 15.3. The van der Waals surface area contributed by atoms with E-state index in [1.165, 1.54) is 18.2 Å². The first-order valence-corrected chi connectivity index (χ1v) is 10.8. The topological polar surface area (TPSA) is 88.2 Å². The second kappa shape index (κ2) is 7.30. The number of aliphatic hydroxyl groups is 1. The van der Waals surface area contributed by atoms with Crippen LogP contribution in [0.4, 0.5) is 14.8 Å². The Kier molecular flexibility index (Phi) is 4.77. The van der Waals surface area contributed by atoms with Gasteiger partial charge in [0.2, 0.25) is 5.89 Å². The van der Waals surface area contributed by atoms with Gasteiger partial charge in [-0.3, -0.25) is 0 Å². The molecule has 1 N–H and O–H groups in total. The first-order valence-electron chi connectivity index (χ1n) is 10.8. The van der Waals surface area contributed by atoms with E-state index >= 15 is 0 Å². The highest BCUT2D eigenvalue weighted by Crippen LogP contribution is 2.67. The van der Waals surface area contributed by atoms with Crippen LogP contribution in [0, 0.1) is 17.0 Å². The van der Waals surface area contributed by atoms with E-state index in [0.29, 0.717) is 19.1 Å². The molecule has 2 aliphatic carbocycles. The molecule has 3 aromatic rings. The molecule has 1 saturated carbocycles. The summed E-state index contributed by atoms with van der Waals surface area (Å²) < 4.78 is 34.4. The van der Waals surface area contributed by atoms with E-state index < -0.39 is 11.6 Å². The molecule has 0 radical (unpaired) electrons. The average Bonchev–Trinajstić information content (AvgIpc) is 3.39. The van der Waals surface area contributed by atoms with E-state index in [9.17, 15) is 13.9 Å². The van der Waals surface area contributed by atoms with Gasteiger partial charge < -0.3 is 14.4 Å². The van der Waals surface area contributed by atoms with Crippen molar-refractivity contribution in [1.29, 1.82) is 0 Å². The highest BCUT2D eigenvalue weighted by Gasteiger charge is 2.64. The lowest BCUT2D eigenvalue weighted by Gasteiger charge is -2.40. The average molecular weight is 441 g/mol. The molecule has 2 heterocycles. The van der Waals surface area contributed by atoms with Gasteiger partial charge in [0.15, 0.2) is 0 Å². The van der Waals surface area contributed by atoms with E-state index in [4.69, 9.17) is 4.42 Å². The molecule has 5 rings (SSSR count). The molecule has 2 atom stereocenters. The lowest BCUT2D eigenvalue weighted by atomic mass is 9.68. The molecule has 2 bridgehead atoms. The molecule has 168 valence electrons. The minimum absolute atomic E-state index is 0.144. The molecule has 1 fully saturated rings. The summed E-state index contributed by atoms with van der Waals surface area (Å²) in [6, 6.07) is 5.97. The molecular formula is C23H25F2N5O2. The third-order valence-corrected chi connectivity index (χ3v) is 7.54. The van der Waals surface area contributed by atoms with Crippen molar-refractivity contribution in [2.75, 3.05) is 18.0 Å². The van der Waals surface area contributed by atoms with Crippen LogP contribution in [0.15, 0.2) is 28.7 Å². The minimum Gasteiger partial charge on any atom is -0.405 e. The van der Waals surface area contributed by atoms with Crippen molar-refractivity contribution >= 4 is 6.01 Å². The third-order valence-electron chi connectivity index (χ3n) is 7.54. The summed E-state index contributed by atoms with van der Waals surface area (Å²) in [6.45, 7) is 7.36. The van der Waals surface area contributed by atoms with Crippen LogP contribution in [0.3, 0.4) is 0 Å². The maximum atomic E-state index is 14.4. The van der Waals surface area contributed by atoms with Gasteiger partial charge in [-0.15, -0.1) is 5.10 Å². The number of anilines is 1. The summed E-state index contributed by atoms with van der Waals surface area (Å²) in [7, 11) is 0. The van der Waals surface area contributed by atoms with Crippen LogP contribution in [0.25, 0.3) is 11.3 Å². The van der Waals surface area contributed by atoms with Crippen molar-refractivity contribution in [2.24, 2.45) is 5.41 Å². The summed E-state index contributed by atoms with van der Waals surface area (Å²) in [5.74, 6) is -0.923. The smallest absolute Gasteiger partial charge is 0.318 e. The maximum Gasteiger partial charge on any atom is 0.318 e. The number of hydrogen-bond acceptors (Lipinski definition) is 7. The molecular weight excluding hydrogens is 416 g/mol. The van der Waals surface area contributed by atoms with Crippen LogP contribution in [0.2, 0.25) is 0 Å². The Labute approximate surface area is 184 Å². The second-order valence-electron chi connectivity index (χ2n) is 9.18. The van der Waals surface area contributed by atoms with E-state index in [0.717, 1.165) is 24.1 Å². The van der Waals surface area contributed by atoms with Crippen LogP contribution in [0.1, 0.15) is 56.7 Å². The highest BCUT2D eigenvalue weighted by atomic mass is 19.1. The SMILES string of the molecule is CCN(CC12CC[C@@H](c3cc(-c4c(F)cccc4F)nnc31)C2(C)C)c1nnc(CO)o1. The summed E-state index contributed by atoms with van der Waals surface area (Å²) in [5.41, 5.74) is 1.48. The van der Waals surface area contributed by atoms with E-state index in [-0.39, 0.29) is 40.5 Å². The van der Waals surface area contributed by atoms with E-state index in [1.54, 1.807) is 0 Å². The fourth-order valence-corrected chi connectivity index (χ4v) is 5.72. The second-order valence-corrected chi connectivity index (χ2v) is 9.18. The number of hydrogen-bond donors (Lipinski definition) is 1. The van der Waals surface area contributed by atoms with Crippen LogP contribution < -0.4 is 4.90 Å². The summed E-state index contributed by atoms with van der Waals surface area (Å²) in [4.78, 5) is 2.00. The Morgan fingerprint density at radius 1 is 1.16 bits per heavy atom. The molecule has 9 heteroatoms. The summed E-state index contributed by atoms with van der Waals surface area (Å²) >= 11 is 0. The predicted molar refractivity (Wildman–Crippen MR) is 113 cm³/mol. The van der Waals surface area contributed by atoms with Crippen molar-refractivity contribution < 1.29 is 18.3 Å².